The number of halogens is 1. The second-order valence-electron chi connectivity index (χ2n) is 7.35. The molecule has 1 fully saturated rings. The second kappa shape index (κ2) is 7.67. The van der Waals surface area contributed by atoms with E-state index in [9.17, 15) is 14.0 Å². The fraction of sp³-hybridized carbons (Fsp3) is 0.350. The van der Waals surface area contributed by atoms with Gasteiger partial charge in [-0.2, -0.15) is 5.10 Å². The highest BCUT2D eigenvalue weighted by molar-refractivity contribution is 5.62. The molecule has 8 nitrogen and oxygen atoms in total. The number of rotatable bonds is 5. The summed E-state index contributed by atoms with van der Waals surface area (Å²) in [5.74, 6) is 0.278. The first-order valence-electron chi connectivity index (χ1n) is 9.48. The molecule has 1 atom stereocenters. The number of benzene rings is 1. The third-order valence-corrected chi connectivity index (χ3v) is 5.26. The number of anilines is 1. The van der Waals surface area contributed by atoms with Crippen molar-refractivity contribution in [3.8, 4) is 11.3 Å². The highest BCUT2D eigenvalue weighted by Gasteiger charge is 2.24. The lowest BCUT2D eigenvalue weighted by Gasteiger charge is -2.18. The summed E-state index contributed by atoms with van der Waals surface area (Å²) in [7, 11) is 3.31. The SMILES string of the molecule is Cn1cc(CN[C@@H]2CCN(c3cc(=O)n(C)c(=O)[nH]3)C2)c(-c2ccc(F)cc2)n1. The number of aromatic nitrogens is 4. The van der Waals surface area contributed by atoms with Gasteiger partial charge in [-0.05, 0) is 30.7 Å². The van der Waals surface area contributed by atoms with Crippen molar-refractivity contribution in [2.75, 3.05) is 18.0 Å². The minimum absolute atomic E-state index is 0.212. The standard InChI is InChI=1S/C20H23FN6O2/c1-25-11-14(19(24-25)13-3-5-15(21)6-4-13)10-22-16-7-8-27(12-16)17-9-18(28)26(2)20(29)23-17/h3-6,9,11,16,22H,7-8,10,12H2,1-2H3,(H,23,29)/t16-/m1/s1. The van der Waals surface area contributed by atoms with Crippen LogP contribution in [0, 0.1) is 5.82 Å². The molecule has 0 unspecified atom stereocenters. The number of nitrogens with zero attached hydrogens (tertiary/aromatic N) is 4. The minimum Gasteiger partial charge on any atom is -0.356 e. The summed E-state index contributed by atoms with van der Waals surface area (Å²) in [6, 6.07) is 7.98. The first-order chi connectivity index (χ1) is 13.9. The predicted molar refractivity (Wildman–Crippen MR) is 108 cm³/mol. The van der Waals surface area contributed by atoms with Gasteiger partial charge in [-0.25, -0.2) is 9.18 Å². The summed E-state index contributed by atoms with van der Waals surface area (Å²) in [5, 5.41) is 8.04. The summed E-state index contributed by atoms with van der Waals surface area (Å²) >= 11 is 0. The highest BCUT2D eigenvalue weighted by Crippen LogP contribution is 2.23. The van der Waals surface area contributed by atoms with Crippen LogP contribution in [0.2, 0.25) is 0 Å². The van der Waals surface area contributed by atoms with Crippen LogP contribution in [0.5, 0.6) is 0 Å². The molecule has 4 rings (SSSR count). The summed E-state index contributed by atoms with van der Waals surface area (Å²) < 4.78 is 16.0. The Labute approximate surface area is 166 Å². The Morgan fingerprint density at radius 2 is 2.00 bits per heavy atom. The second-order valence-corrected chi connectivity index (χ2v) is 7.35. The molecule has 9 heteroatoms. The van der Waals surface area contributed by atoms with Crippen molar-refractivity contribution in [3.63, 3.8) is 0 Å². The highest BCUT2D eigenvalue weighted by atomic mass is 19.1. The van der Waals surface area contributed by atoms with Crippen LogP contribution in [0.25, 0.3) is 11.3 Å². The molecule has 0 bridgehead atoms. The minimum atomic E-state index is -0.414. The van der Waals surface area contributed by atoms with Crippen molar-refractivity contribution in [1.29, 1.82) is 0 Å². The van der Waals surface area contributed by atoms with E-state index in [4.69, 9.17) is 0 Å². The van der Waals surface area contributed by atoms with Crippen molar-refractivity contribution >= 4 is 5.82 Å². The Morgan fingerprint density at radius 3 is 2.72 bits per heavy atom. The van der Waals surface area contributed by atoms with Gasteiger partial charge in [0, 0.05) is 63.2 Å². The van der Waals surface area contributed by atoms with E-state index in [0.717, 1.165) is 34.4 Å². The van der Waals surface area contributed by atoms with Gasteiger partial charge in [0.1, 0.15) is 11.6 Å². The Kier molecular flexibility index (Phi) is 5.06. The first-order valence-corrected chi connectivity index (χ1v) is 9.48. The molecule has 3 heterocycles. The average Bonchev–Trinajstić information content (AvgIpc) is 3.31. The Morgan fingerprint density at radius 1 is 1.24 bits per heavy atom. The van der Waals surface area contributed by atoms with Gasteiger partial charge in [0.15, 0.2) is 0 Å². The average molecular weight is 398 g/mol. The third kappa shape index (κ3) is 4.00. The lowest BCUT2D eigenvalue weighted by atomic mass is 10.1. The van der Waals surface area contributed by atoms with Gasteiger partial charge in [-0.3, -0.25) is 19.0 Å². The van der Waals surface area contributed by atoms with E-state index in [1.807, 2.05) is 18.1 Å². The molecule has 3 aromatic rings. The molecule has 0 amide bonds. The number of nitrogens with one attached hydrogen (secondary N) is 2. The maximum absolute atomic E-state index is 13.2. The van der Waals surface area contributed by atoms with E-state index in [2.05, 4.69) is 15.4 Å². The molecule has 0 spiro atoms. The van der Waals surface area contributed by atoms with E-state index >= 15 is 0 Å². The molecule has 2 aromatic heterocycles. The summed E-state index contributed by atoms with van der Waals surface area (Å²) in [6.07, 6.45) is 2.85. The van der Waals surface area contributed by atoms with Gasteiger partial charge in [0.05, 0.1) is 5.69 Å². The first kappa shape index (κ1) is 19.1. The zero-order valence-electron chi connectivity index (χ0n) is 16.4. The summed E-state index contributed by atoms with van der Waals surface area (Å²) in [5.41, 5.74) is 1.99. The Bertz CT molecular complexity index is 1100. The normalized spacial score (nSPS) is 16.5. The van der Waals surface area contributed by atoms with E-state index in [-0.39, 0.29) is 17.4 Å². The van der Waals surface area contributed by atoms with E-state index in [1.165, 1.54) is 25.2 Å². The van der Waals surface area contributed by atoms with Crippen LogP contribution in [0.1, 0.15) is 12.0 Å². The Hall–Kier alpha value is -3.20. The topological polar surface area (TPSA) is 88.0 Å². The molecule has 29 heavy (non-hydrogen) atoms. The number of aryl methyl sites for hydroxylation is 1. The zero-order chi connectivity index (χ0) is 20.5. The van der Waals surface area contributed by atoms with Crippen LogP contribution in [0.4, 0.5) is 10.2 Å². The van der Waals surface area contributed by atoms with Gasteiger partial charge >= 0.3 is 5.69 Å². The molecule has 152 valence electrons. The van der Waals surface area contributed by atoms with Gasteiger partial charge in [-0.1, -0.05) is 0 Å². The molecule has 1 aliphatic rings. The molecular weight excluding hydrogens is 375 g/mol. The quantitative estimate of drug-likeness (QED) is 0.669. The maximum Gasteiger partial charge on any atom is 0.329 e. The number of hydrogen-bond donors (Lipinski definition) is 2. The lowest BCUT2D eigenvalue weighted by Crippen LogP contribution is -2.36. The fourth-order valence-corrected chi connectivity index (χ4v) is 3.63. The van der Waals surface area contributed by atoms with E-state index in [0.29, 0.717) is 18.9 Å². The number of aromatic amines is 1. The van der Waals surface area contributed by atoms with Crippen molar-refractivity contribution < 1.29 is 4.39 Å². The summed E-state index contributed by atoms with van der Waals surface area (Å²) in [6.45, 7) is 2.06. The smallest absolute Gasteiger partial charge is 0.329 e. The van der Waals surface area contributed by atoms with Crippen LogP contribution < -0.4 is 21.5 Å². The molecule has 1 aromatic carbocycles. The molecule has 1 aliphatic heterocycles. The van der Waals surface area contributed by atoms with Crippen molar-refractivity contribution in [2.24, 2.45) is 14.1 Å². The van der Waals surface area contributed by atoms with Gasteiger partial charge in [0.2, 0.25) is 0 Å². The van der Waals surface area contributed by atoms with E-state index in [1.54, 1.807) is 16.8 Å². The molecular formula is C20H23FN6O2. The molecule has 2 N–H and O–H groups in total. The predicted octanol–water partition coefficient (Wildman–Crippen LogP) is 0.982. The Balaban J connectivity index is 1.44. The maximum atomic E-state index is 13.2. The number of H-pyrrole nitrogens is 1. The van der Waals surface area contributed by atoms with Gasteiger partial charge in [-0.15, -0.1) is 0 Å². The van der Waals surface area contributed by atoms with Gasteiger partial charge < -0.3 is 10.2 Å². The monoisotopic (exact) mass is 398 g/mol. The van der Waals surface area contributed by atoms with Gasteiger partial charge in [0.25, 0.3) is 5.56 Å². The van der Waals surface area contributed by atoms with Crippen LogP contribution in [0.3, 0.4) is 0 Å². The van der Waals surface area contributed by atoms with Crippen molar-refractivity contribution in [3.05, 3.63) is 68.7 Å². The number of hydrogen-bond acceptors (Lipinski definition) is 5. The van der Waals surface area contributed by atoms with Crippen molar-refractivity contribution in [2.45, 2.75) is 19.0 Å². The largest absolute Gasteiger partial charge is 0.356 e. The van der Waals surface area contributed by atoms with Crippen LogP contribution in [-0.4, -0.2) is 38.5 Å². The summed E-state index contributed by atoms with van der Waals surface area (Å²) in [4.78, 5) is 28.5. The lowest BCUT2D eigenvalue weighted by molar-refractivity contribution is 0.551. The fourth-order valence-electron chi connectivity index (χ4n) is 3.63. The molecule has 0 saturated carbocycles. The third-order valence-electron chi connectivity index (χ3n) is 5.26. The zero-order valence-corrected chi connectivity index (χ0v) is 16.4. The van der Waals surface area contributed by atoms with E-state index < -0.39 is 5.69 Å². The van der Waals surface area contributed by atoms with Crippen LogP contribution in [-0.2, 0) is 20.6 Å². The van der Waals surface area contributed by atoms with Crippen molar-refractivity contribution in [1.82, 2.24) is 24.6 Å². The molecule has 1 saturated heterocycles. The molecule has 0 aliphatic carbocycles. The molecule has 0 radical (unpaired) electrons. The van der Waals surface area contributed by atoms with Crippen LogP contribution in [0.15, 0.2) is 46.1 Å². The van der Waals surface area contributed by atoms with Crippen LogP contribution >= 0.6 is 0 Å².